The molecular weight excluding hydrogens is 400 g/mol. The Balaban J connectivity index is 2.08. The predicted molar refractivity (Wildman–Crippen MR) is 110 cm³/mol. The lowest BCUT2D eigenvalue weighted by molar-refractivity contribution is -0.122. The molecule has 0 heterocycles. The van der Waals surface area contributed by atoms with Gasteiger partial charge in [0.05, 0.1) is 5.75 Å². The van der Waals surface area contributed by atoms with E-state index in [2.05, 4.69) is 10.6 Å². The summed E-state index contributed by atoms with van der Waals surface area (Å²) in [6.07, 6.45) is 0.284. The van der Waals surface area contributed by atoms with E-state index in [-0.39, 0.29) is 24.5 Å². The minimum atomic E-state index is -3.18. The van der Waals surface area contributed by atoms with Crippen LogP contribution in [0.1, 0.15) is 22.8 Å². The Bertz CT molecular complexity index is 900. The number of hydrogen-bond acceptors (Lipinski definition) is 4. The van der Waals surface area contributed by atoms with Crippen molar-refractivity contribution in [2.75, 3.05) is 18.1 Å². The van der Waals surface area contributed by atoms with E-state index in [1.807, 2.05) is 30.3 Å². The molecule has 1 atom stereocenters. The van der Waals surface area contributed by atoms with Gasteiger partial charge in [-0.2, -0.15) is 0 Å². The molecule has 2 amide bonds. The van der Waals surface area contributed by atoms with Crippen LogP contribution in [0.3, 0.4) is 0 Å². The summed E-state index contributed by atoms with van der Waals surface area (Å²) in [4.78, 5) is 25.1. The Morgan fingerprint density at radius 1 is 1.04 bits per heavy atom. The van der Waals surface area contributed by atoms with Crippen molar-refractivity contribution in [3.63, 3.8) is 0 Å². The van der Waals surface area contributed by atoms with Crippen LogP contribution in [0, 0.1) is 0 Å². The Hall–Kier alpha value is -2.38. The first-order valence-electron chi connectivity index (χ1n) is 8.89. The number of carbonyl (C=O) groups is 2. The van der Waals surface area contributed by atoms with Gasteiger partial charge in [0.2, 0.25) is 5.91 Å². The normalized spacial score (nSPS) is 12.2. The summed E-state index contributed by atoms with van der Waals surface area (Å²) >= 11 is 5.84. The number of halogens is 1. The molecule has 1 unspecified atom stereocenters. The zero-order chi connectivity index (χ0) is 20.6. The molecule has 0 spiro atoms. The van der Waals surface area contributed by atoms with Crippen LogP contribution in [0.15, 0.2) is 54.6 Å². The maximum Gasteiger partial charge on any atom is 0.251 e. The van der Waals surface area contributed by atoms with E-state index in [1.165, 1.54) is 0 Å². The van der Waals surface area contributed by atoms with Gasteiger partial charge < -0.3 is 10.6 Å². The zero-order valence-electron chi connectivity index (χ0n) is 15.5. The summed E-state index contributed by atoms with van der Waals surface area (Å²) < 4.78 is 23.2. The highest BCUT2D eigenvalue weighted by Gasteiger charge is 2.22. The van der Waals surface area contributed by atoms with Gasteiger partial charge in [-0.25, -0.2) is 8.42 Å². The van der Waals surface area contributed by atoms with Gasteiger partial charge >= 0.3 is 0 Å². The molecule has 0 radical (unpaired) electrons. The lowest BCUT2D eigenvalue weighted by Crippen LogP contribution is -2.48. The van der Waals surface area contributed by atoms with Crippen molar-refractivity contribution in [3.05, 3.63) is 70.7 Å². The highest BCUT2D eigenvalue weighted by atomic mass is 35.5. The van der Waals surface area contributed by atoms with Crippen LogP contribution in [0.5, 0.6) is 0 Å². The molecule has 6 nitrogen and oxygen atoms in total. The Morgan fingerprint density at radius 3 is 2.29 bits per heavy atom. The molecule has 2 rings (SSSR count). The van der Waals surface area contributed by atoms with Gasteiger partial charge in [0.25, 0.3) is 5.91 Å². The van der Waals surface area contributed by atoms with E-state index in [0.717, 1.165) is 5.56 Å². The SMILES string of the molecule is CCS(=O)(=O)CCNC(=O)C(Cc1ccccc1)NC(=O)c1ccc(Cl)cc1. The standard InChI is InChI=1S/C20H23ClN2O4S/c1-2-28(26,27)13-12-22-20(25)18(14-15-6-4-3-5-7-15)23-19(24)16-8-10-17(21)11-9-16/h3-11,18H,2,12-14H2,1H3,(H,22,25)(H,23,24). The van der Waals surface area contributed by atoms with Gasteiger partial charge in [0, 0.05) is 29.3 Å². The van der Waals surface area contributed by atoms with Gasteiger partial charge in [-0.3, -0.25) is 9.59 Å². The molecule has 0 aromatic heterocycles. The molecule has 0 bridgehead atoms. The third-order valence-electron chi connectivity index (χ3n) is 4.16. The number of nitrogens with one attached hydrogen (secondary N) is 2. The van der Waals surface area contributed by atoms with Crippen LogP contribution in [-0.2, 0) is 21.1 Å². The number of sulfone groups is 1. The third kappa shape index (κ3) is 6.98. The smallest absolute Gasteiger partial charge is 0.251 e. The molecule has 0 aliphatic heterocycles. The third-order valence-corrected chi connectivity index (χ3v) is 6.12. The van der Waals surface area contributed by atoms with Crippen LogP contribution >= 0.6 is 11.6 Å². The van der Waals surface area contributed by atoms with Crippen molar-refractivity contribution in [1.29, 1.82) is 0 Å². The lowest BCUT2D eigenvalue weighted by Gasteiger charge is -2.19. The first-order chi connectivity index (χ1) is 13.3. The minimum absolute atomic E-state index is 0.00287. The average molecular weight is 423 g/mol. The molecule has 0 aliphatic carbocycles. The molecule has 0 aliphatic rings. The number of benzene rings is 2. The minimum Gasteiger partial charge on any atom is -0.353 e. The summed E-state index contributed by atoms with van der Waals surface area (Å²) in [5.41, 5.74) is 1.25. The second-order valence-electron chi connectivity index (χ2n) is 6.25. The predicted octanol–water partition coefficient (Wildman–Crippen LogP) is 2.23. The fraction of sp³-hybridized carbons (Fsp3) is 0.300. The quantitative estimate of drug-likeness (QED) is 0.648. The maximum atomic E-state index is 12.6. The average Bonchev–Trinajstić information content (AvgIpc) is 2.68. The van der Waals surface area contributed by atoms with Crippen LogP contribution in [0.2, 0.25) is 5.02 Å². The molecule has 0 saturated carbocycles. The Labute approximate surface area is 170 Å². The first-order valence-corrected chi connectivity index (χ1v) is 11.1. The van der Waals surface area contributed by atoms with Crippen LogP contribution < -0.4 is 10.6 Å². The summed E-state index contributed by atoms with van der Waals surface area (Å²) in [5, 5.41) is 5.83. The molecule has 150 valence electrons. The number of carbonyl (C=O) groups excluding carboxylic acids is 2. The summed E-state index contributed by atoms with van der Waals surface area (Å²) in [7, 11) is -3.18. The van der Waals surface area contributed by atoms with Gasteiger partial charge in [-0.05, 0) is 29.8 Å². The van der Waals surface area contributed by atoms with E-state index in [4.69, 9.17) is 11.6 Å². The van der Waals surface area contributed by atoms with Crippen molar-refractivity contribution in [3.8, 4) is 0 Å². The monoisotopic (exact) mass is 422 g/mol. The zero-order valence-corrected chi connectivity index (χ0v) is 17.1. The van der Waals surface area contributed by atoms with Crippen molar-refractivity contribution >= 4 is 33.3 Å². The number of amides is 2. The van der Waals surface area contributed by atoms with Crippen molar-refractivity contribution < 1.29 is 18.0 Å². The fourth-order valence-electron chi connectivity index (χ4n) is 2.50. The van der Waals surface area contributed by atoms with E-state index < -0.39 is 27.7 Å². The Morgan fingerprint density at radius 2 is 1.68 bits per heavy atom. The van der Waals surface area contributed by atoms with E-state index >= 15 is 0 Å². The maximum absolute atomic E-state index is 12.6. The molecule has 8 heteroatoms. The largest absolute Gasteiger partial charge is 0.353 e. The molecule has 28 heavy (non-hydrogen) atoms. The van der Waals surface area contributed by atoms with Gasteiger partial charge in [-0.1, -0.05) is 48.9 Å². The fourth-order valence-corrected chi connectivity index (χ4v) is 3.33. The summed E-state index contributed by atoms with van der Waals surface area (Å²) in [5.74, 6) is -0.964. The molecule has 2 aromatic rings. The van der Waals surface area contributed by atoms with Crippen LogP contribution in [0.4, 0.5) is 0 Å². The molecule has 2 aromatic carbocycles. The van der Waals surface area contributed by atoms with E-state index in [0.29, 0.717) is 10.6 Å². The van der Waals surface area contributed by atoms with E-state index in [9.17, 15) is 18.0 Å². The van der Waals surface area contributed by atoms with Crippen molar-refractivity contribution in [1.82, 2.24) is 10.6 Å². The lowest BCUT2D eigenvalue weighted by atomic mass is 10.0. The second-order valence-corrected chi connectivity index (χ2v) is 9.16. The van der Waals surface area contributed by atoms with Crippen LogP contribution in [-0.4, -0.2) is 44.3 Å². The summed E-state index contributed by atoms with van der Waals surface area (Å²) in [6.45, 7) is 1.55. The van der Waals surface area contributed by atoms with E-state index in [1.54, 1.807) is 31.2 Å². The van der Waals surface area contributed by atoms with Gasteiger partial charge in [0.15, 0.2) is 9.84 Å². The van der Waals surface area contributed by atoms with Crippen molar-refractivity contribution in [2.45, 2.75) is 19.4 Å². The number of rotatable bonds is 9. The van der Waals surface area contributed by atoms with Gasteiger partial charge in [-0.15, -0.1) is 0 Å². The molecule has 0 fully saturated rings. The molecule has 0 saturated heterocycles. The number of hydrogen-bond donors (Lipinski definition) is 2. The molecular formula is C20H23ClN2O4S. The second kappa shape index (κ2) is 10.2. The molecule has 2 N–H and O–H groups in total. The first kappa shape index (κ1) is 21.9. The highest BCUT2D eigenvalue weighted by Crippen LogP contribution is 2.10. The highest BCUT2D eigenvalue weighted by molar-refractivity contribution is 7.91. The summed E-state index contributed by atoms with van der Waals surface area (Å²) in [6, 6.07) is 14.8. The van der Waals surface area contributed by atoms with Gasteiger partial charge in [0.1, 0.15) is 6.04 Å². The van der Waals surface area contributed by atoms with Crippen LogP contribution in [0.25, 0.3) is 0 Å². The Kier molecular flexibility index (Phi) is 8.02. The van der Waals surface area contributed by atoms with Crippen molar-refractivity contribution in [2.24, 2.45) is 0 Å². The topological polar surface area (TPSA) is 92.3 Å².